The second-order valence-corrected chi connectivity index (χ2v) is 7.92. The number of carbonyl (C=O) groups is 1. The molecule has 0 spiro atoms. The molecule has 34 heavy (non-hydrogen) atoms. The monoisotopic (exact) mass is 470 g/mol. The zero-order chi connectivity index (χ0) is 24.4. The maximum absolute atomic E-state index is 15.3. The Balaban J connectivity index is 1.82. The second kappa shape index (κ2) is 9.62. The van der Waals surface area contributed by atoms with E-state index < -0.39 is 17.2 Å². The molecule has 0 atom stereocenters. The van der Waals surface area contributed by atoms with Crippen molar-refractivity contribution in [1.29, 1.82) is 0 Å². The molecule has 1 aliphatic rings. The van der Waals surface area contributed by atoms with E-state index in [1.165, 1.54) is 13.3 Å². The topological polar surface area (TPSA) is 88.0 Å². The lowest BCUT2D eigenvalue weighted by atomic mass is 10.1. The number of esters is 1. The number of carbonyl (C=O) groups excluding carboxylic acids is 1. The number of anilines is 1. The predicted molar refractivity (Wildman–Crippen MR) is 126 cm³/mol. The van der Waals surface area contributed by atoms with Gasteiger partial charge in [-0.2, -0.15) is 0 Å². The zero-order valence-corrected chi connectivity index (χ0v) is 19.6. The molecular weight excluding hydrogens is 443 g/mol. The summed E-state index contributed by atoms with van der Waals surface area (Å²) in [5.74, 6) is 0.0260. The maximum atomic E-state index is 15.3. The lowest BCUT2D eigenvalue weighted by Crippen LogP contribution is -2.21. The number of hydrogen-bond donors (Lipinski definition) is 1. The summed E-state index contributed by atoms with van der Waals surface area (Å²) in [6.45, 7) is 2.03. The number of nitrogens with zero attached hydrogens (tertiary/aromatic N) is 1. The van der Waals surface area contributed by atoms with Crippen molar-refractivity contribution in [3.05, 3.63) is 57.6 Å². The van der Waals surface area contributed by atoms with Crippen molar-refractivity contribution >= 4 is 22.6 Å². The standard InChI is InChI=1S/C25H27FN2O6/c1-5-34-25(30)18-13-28(15-7-8-15)22-17(23(18)29)11-19(26)21(24(22)33-4)27-12-14-6-9-16(31-2)10-20(14)32-3/h6,9-11,13,15,27H,5,7-8,12H2,1-4H3. The van der Waals surface area contributed by atoms with Crippen LogP contribution in [0.25, 0.3) is 10.9 Å². The molecule has 8 nitrogen and oxygen atoms in total. The number of aromatic nitrogens is 1. The number of methoxy groups -OCH3 is 3. The van der Waals surface area contributed by atoms with E-state index in [1.54, 1.807) is 33.3 Å². The molecule has 2 aromatic carbocycles. The number of hydrogen-bond acceptors (Lipinski definition) is 7. The van der Waals surface area contributed by atoms with Crippen LogP contribution in [-0.4, -0.2) is 38.5 Å². The van der Waals surface area contributed by atoms with Crippen molar-refractivity contribution in [2.24, 2.45) is 0 Å². The van der Waals surface area contributed by atoms with Gasteiger partial charge in [0.1, 0.15) is 22.7 Å². The van der Waals surface area contributed by atoms with Crippen LogP contribution in [0.1, 0.15) is 41.7 Å². The first-order chi connectivity index (χ1) is 16.4. The van der Waals surface area contributed by atoms with Gasteiger partial charge in [-0.05, 0) is 38.0 Å². The second-order valence-electron chi connectivity index (χ2n) is 7.92. The largest absolute Gasteiger partial charge is 0.497 e. The van der Waals surface area contributed by atoms with E-state index in [0.717, 1.165) is 24.5 Å². The van der Waals surface area contributed by atoms with E-state index in [9.17, 15) is 9.59 Å². The van der Waals surface area contributed by atoms with E-state index in [0.29, 0.717) is 17.0 Å². The van der Waals surface area contributed by atoms with Crippen LogP contribution in [0.15, 0.2) is 35.3 Å². The summed E-state index contributed by atoms with van der Waals surface area (Å²) in [6, 6.07) is 6.59. The van der Waals surface area contributed by atoms with Gasteiger partial charge in [0.25, 0.3) is 0 Å². The van der Waals surface area contributed by atoms with E-state index in [1.807, 2.05) is 10.6 Å². The number of halogens is 1. The maximum Gasteiger partial charge on any atom is 0.343 e. The fraction of sp³-hybridized carbons (Fsp3) is 0.360. The van der Waals surface area contributed by atoms with Gasteiger partial charge in [-0.15, -0.1) is 0 Å². The van der Waals surface area contributed by atoms with E-state index >= 15 is 4.39 Å². The van der Waals surface area contributed by atoms with Crippen LogP contribution in [0.5, 0.6) is 17.2 Å². The quantitative estimate of drug-likeness (QED) is 0.467. The van der Waals surface area contributed by atoms with Crippen LogP contribution in [0.2, 0.25) is 0 Å². The van der Waals surface area contributed by atoms with Gasteiger partial charge in [0.2, 0.25) is 5.43 Å². The molecule has 0 aliphatic heterocycles. The first-order valence-electron chi connectivity index (χ1n) is 11.0. The number of pyridine rings is 1. The fourth-order valence-corrected chi connectivity index (χ4v) is 3.99. The van der Waals surface area contributed by atoms with E-state index in [-0.39, 0.29) is 41.6 Å². The Morgan fingerprint density at radius 2 is 1.91 bits per heavy atom. The third-order valence-corrected chi connectivity index (χ3v) is 5.81. The lowest BCUT2D eigenvalue weighted by Gasteiger charge is -2.20. The van der Waals surface area contributed by atoms with Crippen molar-refractivity contribution in [2.75, 3.05) is 33.3 Å². The third-order valence-electron chi connectivity index (χ3n) is 5.81. The van der Waals surface area contributed by atoms with Gasteiger partial charge < -0.3 is 28.8 Å². The number of fused-ring (bicyclic) bond motifs is 1. The fourth-order valence-electron chi connectivity index (χ4n) is 3.99. The summed E-state index contributed by atoms with van der Waals surface area (Å²) in [4.78, 5) is 25.5. The molecule has 0 amide bonds. The molecule has 0 unspecified atom stereocenters. The Hall–Kier alpha value is -3.75. The van der Waals surface area contributed by atoms with Crippen molar-refractivity contribution in [3.8, 4) is 17.2 Å². The number of rotatable bonds is 9. The summed E-state index contributed by atoms with van der Waals surface area (Å²) in [7, 11) is 4.54. The molecule has 1 aromatic heterocycles. The van der Waals surface area contributed by atoms with Gasteiger partial charge in [0.05, 0.1) is 38.8 Å². The van der Waals surface area contributed by atoms with Crippen molar-refractivity contribution in [3.63, 3.8) is 0 Å². The van der Waals surface area contributed by atoms with Crippen LogP contribution < -0.4 is 25.0 Å². The van der Waals surface area contributed by atoms with Crippen LogP contribution in [0.4, 0.5) is 10.1 Å². The normalized spacial score (nSPS) is 13.0. The smallest absolute Gasteiger partial charge is 0.343 e. The van der Waals surface area contributed by atoms with Gasteiger partial charge in [-0.1, -0.05) is 0 Å². The molecule has 0 bridgehead atoms. The first-order valence-corrected chi connectivity index (χ1v) is 11.0. The minimum Gasteiger partial charge on any atom is -0.497 e. The molecule has 1 saturated carbocycles. The Morgan fingerprint density at radius 1 is 1.15 bits per heavy atom. The zero-order valence-electron chi connectivity index (χ0n) is 19.6. The summed E-state index contributed by atoms with van der Waals surface area (Å²) < 4.78 is 38.4. The SMILES string of the molecule is CCOC(=O)c1cn(C2CC2)c2c(OC)c(NCc3ccc(OC)cc3OC)c(F)cc2c1=O. The van der Waals surface area contributed by atoms with Crippen molar-refractivity contribution in [1.82, 2.24) is 4.57 Å². The molecule has 1 fully saturated rings. The van der Waals surface area contributed by atoms with Crippen LogP contribution in [-0.2, 0) is 11.3 Å². The van der Waals surface area contributed by atoms with E-state index in [4.69, 9.17) is 18.9 Å². The highest BCUT2D eigenvalue weighted by Crippen LogP contribution is 2.42. The number of nitrogens with one attached hydrogen (secondary N) is 1. The molecule has 9 heteroatoms. The van der Waals surface area contributed by atoms with Gasteiger partial charge in [-0.25, -0.2) is 9.18 Å². The Kier molecular flexibility index (Phi) is 6.63. The van der Waals surface area contributed by atoms with Crippen LogP contribution >= 0.6 is 0 Å². The Morgan fingerprint density at radius 3 is 2.53 bits per heavy atom. The van der Waals surface area contributed by atoms with Crippen LogP contribution in [0.3, 0.4) is 0 Å². The summed E-state index contributed by atoms with van der Waals surface area (Å²) in [6.07, 6.45) is 3.26. The summed E-state index contributed by atoms with van der Waals surface area (Å²) >= 11 is 0. The van der Waals surface area contributed by atoms with Crippen molar-refractivity contribution in [2.45, 2.75) is 32.4 Å². The minimum atomic E-state index is -0.725. The van der Waals surface area contributed by atoms with E-state index in [2.05, 4.69) is 5.32 Å². The molecular formula is C25H27FN2O6. The Bertz CT molecular complexity index is 1300. The van der Waals surface area contributed by atoms with Gasteiger partial charge in [0.15, 0.2) is 11.6 Å². The third kappa shape index (κ3) is 4.25. The first kappa shape index (κ1) is 23.4. The highest BCUT2D eigenvalue weighted by molar-refractivity contribution is 5.97. The molecule has 1 aliphatic carbocycles. The molecule has 1 heterocycles. The molecule has 4 rings (SSSR count). The van der Waals surface area contributed by atoms with Gasteiger partial charge in [-0.3, -0.25) is 4.79 Å². The highest BCUT2D eigenvalue weighted by Gasteiger charge is 2.30. The summed E-state index contributed by atoms with van der Waals surface area (Å²) in [5.41, 5.74) is 0.624. The summed E-state index contributed by atoms with van der Waals surface area (Å²) in [5, 5.41) is 3.16. The minimum absolute atomic E-state index is 0.0689. The molecule has 0 saturated heterocycles. The van der Waals surface area contributed by atoms with Crippen molar-refractivity contribution < 1.29 is 28.1 Å². The molecule has 180 valence electrons. The molecule has 0 radical (unpaired) electrons. The van der Waals surface area contributed by atoms with Gasteiger partial charge in [0, 0.05) is 30.4 Å². The highest BCUT2D eigenvalue weighted by atomic mass is 19.1. The average Bonchev–Trinajstić information content (AvgIpc) is 3.68. The molecule has 3 aromatic rings. The molecule has 1 N–H and O–H groups in total. The number of benzene rings is 2. The predicted octanol–water partition coefficient (Wildman–Crippen LogP) is 4.29. The Labute approximate surface area is 196 Å². The average molecular weight is 470 g/mol. The lowest BCUT2D eigenvalue weighted by molar-refractivity contribution is 0.0524. The van der Waals surface area contributed by atoms with Crippen LogP contribution in [0, 0.1) is 5.82 Å². The van der Waals surface area contributed by atoms with Gasteiger partial charge >= 0.3 is 5.97 Å². The number of ether oxygens (including phenoxy) is 4.